The Morgan fingerprint density at radius 2 is 1.65 bits per heavy atom. The topological polar surface area (TPSA) is 15.6 Å². The van der Waals surface area contributed by atoms with E-state index >= 15 is 0 Å². The maximum atomic E-state index is 14.2. The lowest BCUT2D eigenvalue weighted by atomic mass is 9.95. The van der Waals surface area contributed by atoms with Crippen molar-refractivity contribution in [2.45, 2.75) is 29.5 Å². The third kappa shape index (κ3) is 4.63. The molecule has 178 valence electrons. The lowest BCUT2D eigenvalue weighted by molar-refractivity contribution is -0.249. The van der Waals surface area contributed by atoms with Crippen molar-refractivity contribution in [3.8, 4) is 11.1 Å². The number of hydrogen-bond acceptors (Lipinski definition) is 3. The zero-order chi connectivity index (χ0) is 24.7. The van der Waals surface area contributed by atoms with Crippen LogP contribution in [-0.2, 0) is 0 Å². The Labute approximate surface area is 201 Å². The van der Waals surface area contributed by atoms with E-state index < -0.39 is 36.1 Å². The Kier molecular flexibility index (Phi) is 6.61. The van der Waals surface area contributed by atoms with Gasteiger partial charge in [0.15, 0.2) is 0 Å². The third-order valence-electron chi connectivity index (χ3n) is 5.48. The SMILES string of the molecule is CSc1ccc(-c2cccc(C3CC(C(F)(F)C(F)(F)F)=NN3c3ccc(F)cc3Cl)c2)cc1. The summed E-state index contributed by atoms with van der Waals surface area (Å²) >= 11 is 7.68. The van der Waals surface area contributed by atoms with Crippen molar-refractivity contribution in [3.05, 3.63) is 83.1 Å². The van der Waals surface area contributed by atoms with Crippen LogP contribution >= 0.6 is 23.4 Å². The van der Waals surface area contributed by atoms with E-state index in [4.69, 9.17) is 11.6 Å². The lowest BCUT2D eigenvalue weighted by Gasteiger charge is -2.25. The highest BCUT2D eigenvalue weighted by Gasteiger charge is 2.62. The van der Waals surface area contributed by atoms with E-state index in [1.165, 1.54) is 6.07 Å². The van der Waals surface area contributed by atoms with Crippen LogP contribution < -0.4 is 5.01 Å². The van der Waals surface area contributed by atoms with Gasteiger partial charge in [0.25, 0.3) is 0 Å². The molecule has 0 spiro atoms. The number of alkyl halides is 5. The van der Waals surface area contributed by atoms with Gasteiger partial charge >= 0.3 is 12.1 Å². The highest BCUT2D eigenvalue weighted by atomic mass is 35.5. The van der Waals surface area contributed by atoms with Crippen LogP contribution in [0.4, 0.5) is 32.0 Å². The number of halogens is 7. The molecule has 4 rings (SSSR count). The van der Waals surface area contributed by atoms with Gasteiger partial charge in [0.2, 0.25) is 0 Å². The van der Waals surface area contributed by atoms with E-state index in [1.54, 1.807) is 30.0 Å². The Morgan fingerprint density at radius 3 is 2.26 bits per heavy atom. The van der Waals surface area contributed by atoms with Gasteiger partial charge in [-0.1, -0.05) is 41.9 Å². The minimum absolute atomic E-state index is 0.0239. The van der Waals surface area contributed by atoms with E-state index in [0.717, 1.165) is 33.2 Å². The van der Waals surface area contributed by atoms with Gasteiger partial charge in [-0.25, -0.2) is 4.39 Å². The minimum atomic E-state index is -5.81. The molecule has 3 aromatic rings. The molecule has 0 aliphatic carbocycles. The van der Waals surface area contributed by atoms with Crippen molar-refractivity contribution in [2.75, 3.05) is 11.3 Å². The van der Waals surface area contributed by atoms with Crippen LogP contribution in [-0.4, -0.2) is 24.1 Å². The summed E-state index contributed by atoms with van der Waals surface area (Å²) in [5.41, 5.74) is 0.761. The van der Waals surface area contributed by atoms with E-state index in [9.17, 15) is 26.3 Å². The molecule has 1 atom stereocenters. The van der Waals surface area contributed by atoms with Crippen molar-refractivity contribution in [2.24, 2.45) is 5.10 Å². The first-order valence-corrected chi connectivity index (χ1v) is 11.6. The second kappa shape index (κ2) is 9.19. The Hall–Kier alpha value is -2.65. The summed E-state index contributed by atoms with van der Waals surface area (Å²) in [6.45, 7) is 0. The molecule has 1 aliphatic heterocycles. The van der Waals surface area contributed by atoms with E-state index in [2.05, 4.69) is 5.10 Å². The minimum Gasteiger partial charge on any atom is -0.256 e. The van der Waals surface area contributed by atoms with Crippen LogP contribution in [0, 0.1) is 5.82 Å². The van der Waals surface area contributed by atoms with E-state index in [-0.39, 0.29) is 10.7 Å². The van der Waals surface area contributed by atoms with Gasteiger partial charge in [-0.2, -0.15) is 27.1 Å². The first kappa shape index (κ1) is 24.5. The molecular formula is C24H17ClF6N2S. The van der Waals surface area contributed by atoms with Gasteiger partial charge < -0.3 is 0 Å². The fourth-order valence-corrected chi connectivity index (χ4v) is 4.38. The van der Waals surface area contributed by atoms with Crippen LogP contribution in [0.25, 0.3) is 11.1 Å². The third-order valence-corrected chi connectivity index (χ3v) is 6.53. The summed E-state index contributed by atoms with van der Waals surface area (Å²) in [5, 5.41) is 4.49. The summed E-state index contributed by atoms with van der Waals surface area (Å²) in [4.78, 5) is 1.06. The Morgan fingerprint density at radius 1 is 0.941 bits per heavy atom. The van der Waals surface area contributed by atoms with Crippen LogP contribution in [0.15, 0.2) is 76.7 Å². The van der Waals surface area contributed by atoms with Gasteiger partial charge in [0.1, 0.15) is 11.5 Å². The number of rotatable bonds is 5. The molecule has 3 aromatic carbocycles. The number of hydrazone groups is 1. The monoisotopic (exact) mass is 514 g/mol. The van der Waals surface area contributed by atoms with Gasteiger partial charge in [-0.3, -0.25) is 5.01 Å². The fraction of sp³-hybridized carbons (Fsp3) is 0.208. The second-order valence-electron chi connectivity index (χ2n) is 7.63. The molecule has 1 aliphatic rings. The molecule has 0 saturated heterocycles. The molecule has 1 unspecified atom stereocenters. The number of hydrogen-bond donors (Lipinski definition) is 0. The van der Waals surface area contributed by atoms with Crippen LogP contribution in [0.5, 0.6) is 0 Å². The summed E-state index contributed by atoms with van der Waals surface area (Å²) < 4.78 is 81.3. The molecule has 10 heteroatoms. The number of thioether (sulfide) groups is 1. The van der Waals surface area contributed by atoms with E-state index in [1.807, 2.05) is 36.6 Å². The quantitative estimate of drug-likeness (QED) is 0.251. The van der Waals surface area contributed by atoms with Crippen LogP contribution in [0.3, 0.4) is 0 Å². The molecule has 2 nitrogen and oxygen atoms in total. The normalized spacial score (nSPS) is 16.6. The molecule has 34 heavy (non-hydrogen) atoms. The van der Waals surface area contributed by atoms with Gasteiger partial charge in [-0.05, 0) is 59.3 Å². The summed E-state index contributed by atoms with van der Waals surface area (Å²) in [5.74, 6) is -5.80. The fourth-order valence-electron chi connectivity index (χ4n) is 3.72. The molecule has 0 aromatic heterocycles. The molecule has 0 N–H and O–H groups in total. The average Bonchev–Trinajstić information content (AvgIpc) is 3.24. The molecule has 0 amide bonds. The average molecular weight is 515 g/mol. The highest BCUT2D eigenvalue weighted by molar-refractivity contribution is 7.98. The van der Waals surface area contributed by atoms with Crippen molar-refractivity contribution in [3.63, 3.8) is 0 Å². The standard InChI is InChI=1S/C24H17ClF6N2S/c1-34-18-8-5-14(6-9-18)15-3-2-4-16(11-15)21-13-22(23(27,28)24(29,30)31)32-33(21)20-10-7-17(26)12-19(20)25/h2-12,21H,13H2,1H3. The van der Waals surface area contributed by atoms with Gasteiger partial charge in [-0.15, -0.1) is 11.8 Å². The van der Waals surface area contributed by atoms with Crippen molar-refractivity contribution >= 4 is 34.8 Å². The first-order valence-electron chi connectivity index (χ1n) is 10.0. The highest BCUT2D eigenvalue weighted by Crippen LogP contribution is 2.46. The molecule has 0 fully saturated rings. The Bertz CT molecular complexity index is 1230. The van der Waals surface area contributed by atoms with Crippen molar-refractivity contribution in [1.29, 1.82) is 0 Å². The number of benzene rings is 3. The predicted molar refractivity (Wildman–Crippen MR) is 123 cm³/mol. The number of anilines is 1. The summed E-state index contributed by atoms with van der Waals surface area (Å²) in [6.07, 6.45) is -4.55. The van der Waals surface area contributed by atoms with E-state index in [0.29, 0.717) is 5.56 Å². The number of nitrogens with zero attached hydrogens (tertiary/aromatic N) is 2. The predicted octanol–water partition coefficient (Wildman–Crippen LogP) is 8.37. The van der Waals surface area contributed by atoms with Crippen molar-refractivity contribution < 1.29 is 26.3 Å². The zero-order valence-corrected chi connectivity index (χ0v) is 19.2. The first-order chi connectivity index (χ1) is 16.0. The molecule has 0 bridgehead atoms. The smallest absolute Gasteiger partial charge is 0.256 e. The van der Waals surface area contributed by atoms with Crippen LogP contribution in [0.2, 0.25) is 5.02 Å². The maximum absolute atomic E-state index is 14.2. The summed E-state index contributed by atoms with van der Waals surface area (Å²) in [6, 6.07) is 16.7. The molecule has 1 heterocycles. The van der Waals surface area contributed by atoms with Crippen LogP contribution in [0.1, 0.15) is 18.0 Å². The van der Waals surface area contributed by atoms with Gasteiger partial charge in [0.05, 0.1) is 16.8 Å². The molecule has 0 radical (unpaired) electrons. The largest absolute Gasteiger partial charge is 0.459 e. The maximum Gasteiger partial charge on any atom is 0.459 e. The van der Waals surface area contributed by atoms with Gasteiger partial charge in [0, 0.05) is 11.3 Å². The second-order valence-corrected chi connectivity index (χ2v) is 8.92. The zero-order valence-electron chi connectivity index (χ0n) is 17.6. The lowest BCUT2D eigenvalue weighted by Crippen LogP contribution is -2.43. The summed E-state index contributed by atoms with van der Waals surface area (Å²) in [7, 11) is 0. The molecule has 0 saturated carbocycles. The Balaban J connectivity index is 1.77. The van der Waals surface area contributed by atoms with Crippen molar-refractivity contribution in [1.82, 2.24) is 0 Å². The molecular weight excluding hydrogens is 498 g/mol.